The lowest BCUT2D eigenvalue weighted by atomic mass is 9.60. The molecule has 2 fully saturated rings. The van der Waals surface area contributed by atoms with Gasteiger partial charge < -0.3 is 4.90 Å². The first-order chi connectivity index (χ1) is 7.49. The van der Waals surface area contributed by atoms with Gasteiger partial charge in [0.25, 0.3) is 0 Å². The number of fused-ring (bicyclic) bond motifs is 1. The molecule has 3 atom stereocenters. The van der Waals surface area contributed by atoms with Crippen LogP contribution in [0.5, 0.6) is 0 Å². The van der Waals surface area contributed by atoms with Crippen LogP contribution >= 0.6 is 0 Å². The Balaban J connectivity index is 2.05. The minimum Gasteiger partial charge on any atom is -0.346 e. The van der Waals surface area contributed by atoms with E-state index < -0.39 is 0 Å². The van der Waals surface area contributed by atoms with E-state index in [1.165, 1.54) is 6.42 Å². The molecule has 0 aromatic carbocycles. The number of rotatable bonds is 0. The molecule has 88 valence electrons. The van der Waals surface area contributed by atoms with E-state index in [1.54, 1.807) is 0 Å². The molecular weight excluding hydrogens is 197 g/mol. The van der Waals surface area contributed by atoms with Crippen molar-refractivity contribution < 1.29 is 4.79 Å². The quantitative estimate of drug-likeness (QED) is 0.573. The molecule has 16 heavy (non-hydrogen) atoms. The highest BCUT2D eigenvalue weighted by Gasteiger charge is 2.36. The maximum atomic E-state index is 12.1. The zero-order valence-electron chi connectivity index (χ0n) is 10.5. The second-order valence-electron chi connectivity index (χ2n) is 6.00. The summed E-state index contributed by atoms with van der Waals surface area (Å²) in [6.45, 7) is 3.09. The molecule has 0 aromatic rings. The summed E-state index contributed by atoms with van der Waals surface area (Å²) >= 11 is 0. The zero-order chi connectivity index (χ0) is 11.8. The van der Waals surface area contributed by atoms with E-state index in [1.807, 2.05) is 11.9 Å². The van der Waals surface area contributed by atoms with Gasteiger partial charge in [-0.25, -0.2) is 0 Å². The summed E-state index contributed by atoms with van der Waals surface area (Å²) in [6, 6.07) is 0. The molecule has 1 aliphatic carbocycles. The first kappa shape index (κ1) is 12.0. The van der Waals surface area contributed by atoms with Crippen LogP contribution in [-0.2, 0) is 4.79 Å². The van der Waals surface area contributed by atoms with Crippen LogP contribution in [0.2, 0.25) is 5.31 Å². The first-order valence-corrected chi connectivity index (χ1v) is 6.53. The Morgan fingerprint density at radius 1 is 1.31 bits per heavy atom. The highest BCUT2D eigenvalue weighted by Crippen LogP contribution is 2.42. The van der Waals surface area contributed by atoms with Crippen LogP contribution in [0.25, 0.3) is 0 Å². The average Bonchev–Trinajstić information content (AvgIpc) is 2.20. The van der Waals surface area contributed by atoms with Gasteiger partial charge in [-0.05, 0) is 25.2 Å². The Morgan fingerprint density at radius 3 is 2.81 bits per heavy atom. The summed E-state index contributed by atoms with van der Waals surface area (Å²) in [6.07, 6.45) is 6.59. The van der Waals surface area contributed by atoms with Crippen molar-refractivity contribution in [2.24, 2.45) is 11.8 Å². The van der Waals surface area contributed by atoms with E-state index >= 15 is 0 Å². The molecule has 2 radical (unpaired) electrons. The Hall–Kier alpha value is -0.465. The fourth-order valence-electron chi connectivity index (χ4n) is 3.23. The number of carbonyl (C=O) groups excluding carboxylic acids is 1. The lowest BCUT2D eigenvalue weighted by molar-refractivity contribution is -0.140. The van der Waals surface area contributed by atoms with Gasteiger partial charge in [-0.3, -0.25) is 4.79 Å². The topological polar surface area (TPSA) is 20.3 Å². The summed E-state index contributed by atoms with van der Waals surface area (Å²) in [5.74, 6) is 1.25. The van der Waals surface area contributed by atoms with Gasteiger partial charge in [0, 0.05) is 19.5 Å². The van der Waals surface area contributed by atoms with Gasteiger partial charge in [-0.1, -0.05) is 31.5 Å². The number of piperidine rings is 1. The number of hydrogen-bond donors (Lipinski definition) is 0. The monoisotopic (exact) mass is 219 g/mol. The molecule has 1 aliphatic heterocycles. The minimum atomic E-state index is -0.00261. The van der Waals surface area contributed by atoms with Gasteiger partial charge in [0.15, 0.2) is 0 Å². The van der Waals surface area contributed by atoms with E-state index in [9.17, 15) is 4.79 Å². The van der Waals surface area contributed by atoms with Gasteiger partial charge in [0.1, 0.15) is 0 Å². The van der Waals surface area contributed by atoms with Crippen molar-refractivity contribution in [3.63, 3.8) is 0 Å². The van der Waals surface area contributed by atoms with Crippen LogP contribution in [0.3, 0.4) is 0 Å². The van der Waals surface area contributed by atoms with Crippen LogP contribution in [0, 0.1) is 11.8 Å². The minimum absolute atomic E-state index is 0.00261. The molecule has 3 heteroatoms. The normalized spacial score (nSPS) is 41.1. The Labute approximate surface area is 100 Å². The van der Waals surface area contributed by atoms with E-state index in [-0.39, 0.29) is 11.2 Å². The molecule has 1 heterocycles. The third kappa shape index (κ3) is 2.44. The standard InChI is InChI=1S/C13H22BNO/c1-13(14)7-3-4-11-10(5-8-13)6-9-15(2)12(11)16/h10-11H,3-9H2,1-2H3. The fraction of sp³-hybridized carbons (Fsp3) is 0.923. The number of nitrogens with zero attached hydrogens (tertiary/aromatic N) is 1. The van der Waals surface area contributed by atoms with Crippen molar-refractivity contribution in [1.82, 2.24) is 4.90 Å². The van der Waals surface area contributed by atoms with Crippen LogP contribution in [0.4, 0.5) is 0 Å². The fourth-order valence-corrected chi connectivity index (χ4v) is 3.23. The third-order valence-electron chi connectivity index (χ3n) is 4.45. The highest BCUT2D eigenvalue weighted by atomic mass is 16.2. The molecule has 2 nitrogen and oxygen atoms in total. The molecule has 0 bridgehead atoms. The molecule has 1 amide bonds. The van der Waals surface area contributed by atoms with Crippen LogP contribution < -0.4 is 0 Å². The van der Waals surface area contributed by atoms with Crippen molar-refractivity contribution in [3.05, 3.63) is 0 Å². The van der Waals surface area contributed by atoms with E-state index in [0.29, 0.717) is 11.8 Å². The number of amides is 1. The molecular formula is C13H22BNO. The molecule has 0 aromatic heterocycles. The molecule has 2 aliphatic rings. The maximum absolute atomic E-state index is 12.1. The summed E-state index contributed by atoms with van der Waals surface area (Å²) in [7, 11) is 8.17. The number of carbonyl (C=O) groups is 1. The third-order valence-corrected chi connectivity index (χ3v) is 4.45. The number of hydrogen-bond acceptors (Lipinski definition) is 1. The Kier molecular flexibility index (Phi) is 3.32. The summed E-state index contributed by atoms with van der Waals surface area (Å²) < 4.78 is 0. The lowest BCUT2D eigenvalue weighted by Gasteiger charge is -2.40. The van der Waals surface area contributed by atoms with Crippen molar-refractivity contribution in [2.75, 3.05) is 13.6 Å². The van der Waals surface area contributed by atoms with Gasteiger partial charge in [-0.15, -0.1) is 0 Å². The predicted octanol–water partition coefficient (Wildman–Crippen LogP) is 2.39. The van der Waals surface area contributed by atoms with Crippen LogP contribution in [0.1, 0.15) is 45.4 Å². The predicted molar refractivity (Wildman–Crippen MR) is 66.4 cm³/mol. The summed E-state index contributed by atoms with van der Waals surface area (Å²) in [5, 5.41) is -0.00261. The molecule has 1 saturated carbocycles. The summed E-state index contributed by atoms with van der Waals surface area (Å²) in [5.41, 5.74) is 0. The molecule has 2 rings (SSSR count). The average molecular weight is 219 g/mol. The van der Waals surface area contributed by atoms with E-state index in [4.69, 9.17) is 7.85 Å². The molecule has 0 spiro atoms. The highest BCUT2D eigenvalue weighted by molar-refractivity contribution is 6.14. The Morgan fingerprint density at radius 2 is 2.06 bits per heavy atom. The van der Waals surface area contributed by atoms with Gasteiger partial charge in [0.2, 0.25) is 5.91 Å². The largest absolute Gasteiger partial charge is 0.346 e. The van der Waals surface area contributed by atoms with Gasteiger partial charge in [0.05, 0.1) is 7.85 Å². The second-order valence-corrected chi connectivity index (χ2v) is 6.00. The van der Waals surface area contributed by atoms with Crippen molar-refractivity contribution in [2.45, 2.75) is 50.8 Å². The smallest absolute Gasteiger partial charge is 0.225 e. The van der Waals surface area contributed by atoms with Gasteiger partial charge in [-0.2, -0.15) is 0 Å². The van der Waals surface area contributed by atoms with E-state index in [0.717, 1.165) is 38.6 Å². The van der Waals surface area contributed by atoms with Crippen LogP contribution in [-0.4, -0.2) is 32.2 Å². The van der Waals surface area contributed by atoms with Gasteiger partial charge >= 0.3 is 0 Å². The lowest BCUT2D eigenvalue weighted by Crippen LogP contribution is -2.44. The van der Waals surface area contributed by atoms with Crippen LogP contribution in [0.15, 0.2) is 0 Å². The zero-order valence-corrected chi connectivity index (χ0v) is 10.5. The first-order valence-electron chi connectivity index (χ1n) is 6.53. The number of likely N-dealkylation sites (tertiary alicyclic amines) is 1. The molecule has 1 saturated heterocycles. The van der Waals surface area contributed by atoms with Crippen molar-refractivity contribution in [3.8, 4) is 0 Å². The SMILES string of the molecule is [B]C1(C)CCCC2C(=O)N(C)CCC2CC1. The molecule has 3 unspecified atom stereocenters. The van der Waals surface area contributed by atoms with E-state index in [2.05, 4.69) is 6.92 Å². The Bertz CT molecular complexity index is 277. The summed E-state index contributed by atoms with van der Waals surface area (Å²) in [4.78, 5) is 14.0. The van der Waals surface area contributed by atoms with Crippen molar-refractivity contribution in [1.29, 1.82) is 0 Å². The van der Waals surface area contributed by atoms with Crippen molar-refractivity contribution >= 4 is 13.8 Å². The molecule has 0 N–H and O–H groups in total. The second kappa shape index (κ2) is 4.42. The maximum Gasteiger partial charge on any atom is 0.225 e.